The summed E-state index contributed by atoms with van der Waals surface area (Å²) < 4.78 is 5.10. The van der Waals surface area contributed by atoms with E-state index in [0.717, 1.165) is 0 Å². The third-order valence-corrected chi connectivity index (χ3v) is 4.98. The molecule has 1 aliphatic carbocycles. The molecule has 0 aliphatic heterocycles. The Labute approximate surface area is 153 Å². The zero-order valence-corrected chi connectivity index (χ0v) is 14.8. The van der Waals surface area contributed by atoms with Crippen LogP contribution in [0.1, 0.15) is 64.3 Å². The Balaban J connectivity index is 1.55. The highest BCUT2D eigenvalue weighted by Gasteiger charge is 2.16. The number of ketones is 1. The van der Waals surface area contributed by atoms with Crippen LogP contribution in [-0.2, 0) is 4.74 Å². The first-order valence-corrected chi connectivity index (χ1v) is 9.07. The summed E-state index contributed by atoms with van der Waals surface area (Å²) in [5.74, 6) is -0.109. The molecule has 0 heterocycles. The standard InChI is InChI=1S/C21H21ClO3/c22-19-12-10-18(11-13-19)21(24)25-14-20(23)17-8-6-16(7-9-17)15-4-2-1-3-5-15/h6-13,15H,1-5,14H2. The first-order valence-electron chi connectivity index (χ1n) is 8.69. The van der Waals surface area contributed by atoms with Crippen molar-refractivity contribution in [3.05, 3.63) is 70.2 Å². The van der Waals surface area contributed by atoms with E-state index in [1.54, 1.807) is 24.3 Å². The molecule has 0 atom stereocenters. The van der Waals surface area contributed by atoms with Gasteiger partial charge in [0.1, 0.15) is 0 Å². The van der Waals surface area contributed by atoms with Crippen molar-refractivity contribution in [1.29, 1.82) is 0 Å². The first-order chi connectivity index (χ1) is 12.1. The van der Waals surface area contributed by atoms with Gasteiger partial charge in [-0.1, -0.05) is 55.1 Å². The zero-order valence-electron chi connectivity index (χ0n) is 14.0. The molecule has 0 radical (unpaired) electrons. The van der Waals surface area contributed by atoms with Crippen LogP contribution in [-0.4, -0.2) is 18.4 Å². The van der Waals surface area contributed by atoms with Gasteiger partial charge in [-0.05, 0) is 48.6 Å². The van der Waals surface area contributed by atoms with Gasteiger partial charge in [0.15, 0.2) is 12.4 Å². The molecule has 0 aromatic heterocycles. The lowest BCUT2D eigenvalue weighted by molar-refractivity contribution is 0.0475. The molecule has 0 spiro atoms. The fraction of sp³-hybridized carbons (Fsp3) is 0.333. The fourth-order valence-electron chi connectivity index (χ4n) is 3.26. The Morgan fingerprint density at radius 1 is 0.880 bits per heavy atom. The normalized spacial score (nSPS) is 14.9. The predicted octanol–water partition coefficient (Wildman–Crippen LogP) is 5.43. The summed E-state index contributed by atoms with van der Waals surface area (Å²) in [7, 11) is 0. The van der Waals surface area contributed by atoms with Crippen molar-refractivity contribution >= 4 is 23.4 Å². The van der Waals surface area contributed by atoms with Crippen LogP contribution >= 0.6 is 11.6 Å². The Morgan fingerprint density at radius 3 is 2.12 bits per heavy atom. The van der Waals surface area contributed by atoms with Crippen molar-refractivity contribution in [2.24, 2.45) is 0 Å². The van der Waals surface area contributed by atoms with Crippen LogP contribution in [0.2, 0.25) is 5.02 Å². The van der Waals surface area contributed by atoms with E-state index in [1.165, 1.54) is 37.7 Å². The maximum atomic E-state index is 12.2. The summed E-state index contributed by atoms with van der Waals surface area (Å²) in [6.45, 7) is -0.260. The number of halogens is 1. The number of carbonyl (C=O) groups is 2. The largest absolute Gasteiger partial charge is 0.454 e. The summed E-state index contributed by atoms with van der Waals surface area (Å²) in [5.41, 5.74) is 2.25. The van der Waals surface area contributed by atoms with Crippen molar-refractivity contribution in [3.8, 4) is 0 Å². The lowest BCUT2D eigenvalue weighted by atomic mass is 9.84. The fourth-order valence-corrected chi connectivity index (χ4v) is 3.39. The van der Waals surface area contributed by atoms with E-state index in [4.69, 9.17) is 16.3 Å². The van der Waals surface area contributed by atoms with Crippen molar-refractivity contribution in [2.45, 2.75) is 38.0 Å². The Bertz CT molecular complexity index is 729. The van der Waals surface area contributed by atoms with Gasteiger partial charge in [0.05, 0.1) is 5.56 Å². The van der Waals surface area contributed by atoms with Gasteiger partial charge in [-0.3, -0.25) is 4.79 Å². The van der Waals surface area contributed by atoms with Crippen LogP contribution in [0, 0.1) is 0 Å². The van der Waals surface area contributed by atoms with Gasteiger partial charge in [0.25, 0.3) is 0 Å². The number of ether oxygens (including phenoxy) is 1. The number of Topliss-reactive ketones (excluding diaryl/α,β-unsaturated/α-hetero) is 1. The molecule has 0 amide bonds. The summed E-state index contributed by atoms with van der Waals surface area (Å²) in [6.07, 6.45) is 6.35. The maximum absolute atomic E-state index is 12.2. The predicted molar refractivity (Wildman–Crippen MR) is 98.3 cm³/mol. The van der Waals surface area contributed by atoms with Crippen LogP contribution < -0.4 is 0 Å². The Morgan fingerprint density at radius 2 is 1.48 bits per heavy atom. The molecule has 2 aromatic carbocycles. The molecule has 25 heavy (non-hydrogen) atoms. The van der Waals surface area contributed by atoms with E-state index in [2.05, 4.69) is 0 Å². The van der Waals surface area contributed by atoms with E-state index < -0.39 is 5.97 Å². The monoisotopic (exact) mass is 356 g/mol. The smallest absolute Gasteiger partial charge is 0.338 e. The van der Waals surface area contributed by atoms with E-state index in [-0.39, 0.29) is 12.4 Å². The van der Waals surface area contributed by atoms with Gasteiger partial charge in [0, 0.05) is 10.6 Å². The number of hydrogen-bond donors (Lipinski definition) is 0. The minimum Gasteiger partial charge on any atom is -0.454 e. The molecule has 0 unspecified atom stereocenters. The Kier molecular flexibility index (Phi) is 5.87. The number of rotatable bonds is 5. The summed E-state index contributed by atoms with van der Waals surface area (Å²) >= 11 is 5.79. The molecule has 2 aromatic rings. The second-order valence-electron chi connectivity index (χ2n) is 6.46. The van der Waals surface area contributed by atoms with Gasteiger partial charge in [0.2, 0.25) is 0 Å². The van der Waals surface area contributed by atoms with Crippen molar-refractivity contribution in [2.75, 3.05) is 6.61 Å². The minimum absolute atomic E-state index is 0.197. The molecule has 130 valence electrons. The van der Waals surface area contributed by atoms with Gasteiger partial charge in [-0.25, -0.2) is 4.79 Å². The average molecular weight is 357 g/mol. The minimum atomic E-state index is -0.524. The maximum Gasteiger partial charge on any atom is 0.338 e. The van der Waals surface area contributed by atoms with E-state index in [0.29, 0.717) is 22.1 Å². The van der Waals surface area contributed by atoms with Crippen molar-refractivity contribution < 1.29 is 14.3 Å². The van der Waals surface area contributed by atoms with Gasteiger partial charge < -0.3 is 4.74 Å². The van der Waals surface area contributed by atoms with Crippen molar-refractivity contribution in [1.82, 2.24) is 0 Å². The molecule has 0 bridgehead atoms. The summed E-state index contributed by atoms with van der Waals surface area (Å²) in [6, 6.07) is 14.1. The van der Waals surface area contributed by atoms with E-state index >= 15 is 0 Å². The third-order valence-electron chi connectivity index (χ3n) is 4.72. The number of hydrogen-bond acceptors (Lipinski definition) is 3. The topological polar surface area (TPSA) is 43.4 Å². The second kappa shape index (κ2) is 8.30. The van der Waals surface area contributed by atoms with Crippen LogP contribution in [0.25, 0.3) is 0 Å². The molecule has 0 N–H and O–H groups in total. The van der Waals surface area contributed by atoms with Crippen LogP contribution in [0.15, 0.2) is 48.5 Å². The lowest BCUT2D eigenvalue weighted by Crippen LogP contribution is -2.14. The van der Waals surface area contributed by atoms with Gasteiger partial charge in [-0.15, -0.1) is 0 Å². The molecular formula is C21H21ClO3. The molecule has 0 saturated heterocycles. The zero-order chi connectivity index (χ0) is 17.6. The summed E-state index contributed by atoms with van der Waals surface area (Å²) in [4.78, 5) is 24.2. The first kappa shape index (κ1) is 17.7. The molecule has 4 heteroatoms. The number of benzene rings is 2. The van der Waals surface area contributed by atoms with Gasteiger partial charge in [-0.2, -0.15) is 0 Å². The third kappa shape index (κ3) is 4.70. The average Bonchev–Trinajstić information content (AvgIpc) is 2.67. The van der Waals surface area contributed by atoms with Crippen LogP contribution in [0.5, 0.6) is 0 Å². The van der Waals surface area contributed by atoms with Crippen LogP contribution in [0.3, 0.4) is 0 Å². The molecule has 3 nitrogen and oxygen atoms in total. The number of carbonyl (C=O) groups excluding carboxylic acids is 2. The second-order valence-corrected chi connectivity index (χ2v) is 6.90. The SMILES string of the molecule is O=C(COC(=O)c1ccc(Cl)cc1)c1ccc(C2CCCCC2)cc1. The quantitative estimate of drug-likeness (QED) is 0.530. The van der Waals surface area contributed by atoms with E-state index in [9.17, 15) is 9.59 Å². The Hall–Kier alpha value is -2.13. The van der Waals surface area contributed by atoms with Crippen LogP contribution in [0.4, 0.5) is 0 Å². The summed E-state index contributed by atoms with van der Waals surface area (Å²) in [5, 5.41) is 0.547. The lowest BCUT2D eigenvalue weighted by Gasteiger charge is -2.22. The highest BCUT2D eigenvalue weighted by Crippen LogP contribution is 2.32. The molecular weight excluding hydrogens is 336 g/mol. The van der Waals surface area contributed by atoms with Gasteiger partial charge >= 0.3 is 5.97 Å². The number of esters is 1. The molecule has 3 rings (SSSR count). The highest BCUT2D eigenvalue weighted by atomic mass is 35.5. The molecule has 1 fully saturated rings. The molecule has 1 saturated carbocycles. The highest BCUT2D eigenvalue weighted by molar-refractivity contribution is 6.30. The van der Waals surface area contributed by atoms with E-state index in [1.807, 2.05) is 24.3 Å². The molecule has 1 aliphatic rings. The van der Waals surface area contributed by atoms with Crippen molar-refractivity contribution in [3.63, 3.8) is 0 Å².